The van der Waals surface area contributed by atoms with Crippen LogP contribution in [0.1, 0.15) is 16.7 Å². The zero-order chi connectivity index (χ0) is 38.1. The van der Waals surface area contributed by atoms with Crippen LogP contribution in [0.2, 0.25) is 0 Å². The standard InChI is InChI=1S/C33H37N5O14/c1-15-19-7-4-17(34)9-21(19)50-32(49)20(15)10-24(40)36-12-26(42)38-14-27(43)37-13-25(41)35-11-23-28(44)29(45)30(46)33(52-23)51-22(31(47)48)8-16-2-5-18(39)6-3-16/h2-9,23,28-30,33,39,44-46H,10-14,34H2,1H3,(H,35,41)(H,36,40)(H,37,43)(H,38,42)(H,47,48)/b22-8-/t23-,28+,29+,30-,33-/m1/s1. The van der Waals surface area contributed by atoms with E-state index in [1.807, 2.05) is 0 Å². The number of aryl methyl sites for hydroxylation is 1. The Kier molecular flexibility index (Phi) is 12.9. The van der Waals surface area contributed by atoms with Crippen molar-refractivity contribution >= 4 is 52.3 Å². The highest BCUT2D eigenvalue weighted by molar-refractivity contribution is 5.91. The summed E-state index contributed by atoms with van der Waals surface area (Å²) in [5, 5.41) is 59.7. The lowest BCUT2D eigenvalue weighted by Crippen LogP contribution is -2.60. The molecule has 278 valence electrons. The highest BCUT2D eigenvalue weighted by Gasteiger charge is 2.45. The van der Waals surface area contributed by atoms with E-state index in [-0.39, 0.29) is 23.3 Å². The molecule has 3 aromatic rings. The molecule has 0 bridgehead atoms. The Balaban J connectivity index is 1.18. The van der Waals surface area contributed by atoms with E-state index in [1.165, 1.54) is 30.3 Å². The summed E-state index contributed by atoms with van der Waals surface area (Å²) in [6.45, 7) is -0.475. The first kappa shape index (κ1) is 38.8. The number of hydrogen-bond donors (Lipinski definition) is 10. The predicted molar refractivity (Wildman–Crippen MR) is 179 cm³/mol. The number of nitrogens with two attached hydrogens (primary N) is 1. The molecule has 0 saturated carbocycles. The van der Waals surface area contributed by atoms with Crippen molar-refractivity contribution in [3.05, 3.63) is 75.3 Å². The second-order valence-corrected chi connectivity index (χ2v) is 11.6. The number of aliphatic hydroxyl groups is 3. The van der Waals surface area contributed by atoms with E-state index < -0.39 is 97.9 Å². The molecule has 1 aliphatic heterocycles. The number of rotatable bonds is 14. The van der Waals surface area contributed by atoms with Crippen LogP contribution in [0.3, 0.4) is 0 Å². The molecule has 0 unspecified atom stereocenters. The van der Waals surface area contributed by atoms with Crippen LogP contribution < -0.4 is 32.6 Å². The van der Waals surface area contributed by atoms with E-state index in [1.54, 1.807) is 19.1 Å². The quantitative estimate of drug-likeness (QED) is 0.0351. The second kappa shape index (κ2) is 17.3. The van der Waals surface area contributed by atoms with Crippen LogP contribution in [0.4, 0.5) is 5.69 Å². The molecule has 19 nitrogen and oxygen atoms in total. The number of amides is 4. The number of carbonyl (C=O) groups excluding carboxylic acids is 4. The van der Waals surface area contributed by atoms with Gasteiger partial charge in [-0.25, -0.2) is 9.59 Å². The van der Waals surface area contributed by atoms with Gasteiger partial charge in [0.05, 0.1) is 31.6 Å². The van der Waals surface area contributed by atoms with Gasteiger partial charge < -0.3 is 66.4 Å². The molecule has 0 radical (unpaired) electrons. The van der Waals surface area contributed by atoms with Gasteiger partial charge in [-0.3, -0.25) is 19.2 Å². The lowest BCUT2D eigenvalue weighted by Gasteiger charge is -2.40. The lowest BCUT2D eigenvalue weighted by atomic mass is 9.99. The number of hydrogen-bond acceptors (Lipinski definition) is 14. The molecule has 1 saturated heterocycles. The molecule has 5 atom stereocenters. The summed E-state index contributed by atoms with van der Waals surface area (Å²) in [5.41, 5.74) is 6.60. The third-order valence-electron chi connectivity index (χ3n) is 7.80. The predicted octanol–water partition coefficient (Wildman–Crippen LogP) is -2.65. The van der Waals surface area contributed by atoms with Gasteiger partial charge in [0.25, 0.3) is 0 Å². The number of aromatic hydroxyl groups is 1. The minimum absolute atomic E-state index is 0.0668. The van der Waals surface area contributed by atoms with E-state index in [2.05, 4.69) is 21.3 Å². The number of phenolic OH excluding ortho intramolecular Hbond substituents is 1. The van der Waals surface area contributed by atoms with Crippen LogP contribution in [-0.2, 0) is 39.9 Å². The molecule has 2 aromatic carbocycles. The maximum absolute atomic E-state index is 12.4. The van der Waals surface area contributed by atoms with Crippen molar-refractivity contribution < 1.29 is 63.4 Å². The summed E-state index contributed by atoms with van der Waals surface area (Å²) in [6, 6.07) is 10.1. The number of nitrogen functional groups attached to an aromatic ring is 1. The minimum Gasteiger partial charge on any atom is -0.508 e. The topological polar surface area (TPSA) is 309 Å². The lowest BCUT2D eigenvalue weighted by molar-refractivity contribution is -0.285. The average molecular weight is 728 g/mol. The maximum Gasteiger partial charge on any atom is 0.371 e. The van der Waals surface area contributed by atoms with Crippen LogP contribution in [-0.4, -0.2) is 112 Å². The molecule has 4 amide bonds. The van der Waals surface area contributed by atoms with E-state index in [0.717, 1.165) is 6.08 Å². The van der Waals surface area contributed by atoms with Crippen molar-refractivity contribution in [1.29, 1.82) is 0 Å². The van der Waals surface area contributed by atoms with Gasteiger partial charge >= 0.3 is 11.6 Å². The Hall–Kier alpha value is -6.02. The van der Waals surface area contributed by atoms with Gasteiger partial charge in [-0.05, 0) is 48.4 Å². The Labute approximate surface area is 294 Å². The minimum atomic E-state index is -1.89. The molecule has 0 spiro atoms. The first-order valence-corrected chi connectivity index (χ1v) is 15.6. The van der Waals surface area contributed by atoms with E-state index >= 15 is 0 Å². The van der Waals surface area contributed by atoms with Crippen LogP contribution in [0.25, 0.3) is 17.0 Å². The molecule has 52 heavy (non-hydrogen) atoms. The number of ether oxygens (including phenoxy) is 2. The van der Waals surface area contributed by atoms with Gasteiger partial charge in [-0.1, -0.05) is 12.1 Å². The number of fused-ring (bicyclic) bond motifs is 1. The highest BCUT2D eigenvalue weighted by atomic mass is 16.7. The second-order valence-electron chi connectivity index (χ2n) is 11.6. The molecule has 2 heterocycles. The molecule has 19 heteroatoms. The third-order valence-corrected chi connectivity index (χ3v) is 7.80. The molecule has 0 aliphatic carbocycles. The number of benzene rings is 2. The number of carbonyl (C=O) groups is 5. The van der Waals surface area contributed by atoms with Crippen LogP contribution >= 0.6 is 0 Å². The van der Waals surface area contributed by atoms with E-state index in [4.69, 9.17) is 19.6 Å². The summed E-state index contributed by atoms with van der Waals surface area (Å²) in [6.07, 6.45) is -7.95. The van der Waals surface area contributed by atoms with Crippen molar-refractivity contribution in [2.75, 3.05) is 31.9 Å². The third kappa shape index (κ3) is 10.3. The van der Waals surface area contributed by atoms with Crippen molar-refractivity contribution in [2.24, 2.45) is 0 Å². The van der Waals surface area contributed by atoms with Gasteiger partial charge in [-0.15, -0.1) is 0 Å². The highest BCUT2D eigenvalue weighted by Crippen LogP contribution is 2.25. The number of nitrogens with one attached hydrogen (secondary N) is 4. The number of phenols is 1. The fourth-order valence-electron chi connectivity index (χ4n) is 4.95. The Bertz CT molecular complexity index is 1910. The molecule has 1 aliphatic rings. The molecular weight excluding hydrogens is 690 g/mol. The van der Waals surface area contributed by atoms with Crippen molar-refractivity contribution in [1.82, 2.24) is 21.3 Å². The zero-order valence-electron chi connectivity index (χ0n) is 27.5. The summed E-state index contributed by atoms with van der Waals surface area (Å²) in [7, 11) is 0. The molecule has 1 aromatic heterocycles. The maximum atomic E-state index is 12.4. The van der Waals surface area contributed by atoms with Crippen LogP contribution in [0, 0.1) is 6.92 Å². The molecule has 1 fully saturated rings. The van der Waals surface area contributed by atoms with Crippen LogP contribution in [0.15, 0.2) is 57.4 Å². The van der Waals surface area contributed by atoms with Crippen LogP contribution in [0.5, 0.6) is 5.75 Å². The zero-order valence-corrected chi connectivity index (χ0v) is 27.5. The first-order chi connectivity index (χ1) is 24.6. The number of carboxylic acids is 1. The van der Waals surface area contributed by atoms with Crippen molar-refractivity contribution in [3.63, 3.8) is 0 Å². The molecule has 11 N–H and O–H groups in total. The largest absolute Gasteiger partial charge is 0.508 e. The fourth-order valence-corrected chi connectivity index (χ4v) is 4.95. The van der Waals surface area contributed by atoms with Gasteiger partial charge in [-0.2, -0.15) is 0 Å². The monoisotopic (exact) mass is 727 g/mol. The molecular formula is C33H37N5O14. The number of anilines is 1. The SMILES string of the molecule is Cc1c(CC(=O)NCC(=O)NCC(=O)NCC(=O)NC[C@H]2O[C@@H](O/C(=C\c3ccc(O)cc3)C(=O)O)[C@H](O)[C@@H](O)[C@H]2O)c(=O)oc2cc(N)ccc12. The average Bonchev–Trinajstić information content (AvgIpc) is 3.10. The smallest absolute Gasteiger partial charge is 0.371 e. The van der Waals surface area contributed by atoms with Gasteiger partial charge in [0, 0.05) is 23.7 Å². The van der Waals surface area contributed by atoms with E-state index in [0.29, 0.717) is 22.2 Å². The summed E-state index contributed by atoms with van der Waals surface area (Å²) >= 11 is 0. The normalized spacial score (nSPS) is 20.1. The summed E-state index contributed by atoms with van der Waals surface area (Å²) in [5.74, 6) is -5.27. The Morgan fingerprint density at radius 2 is 1.44 bits per heavy atom. The molecule has 4 rings (SSSR count). The Morgan fingerprint density at radius 3 is 2.06 bits per heavy atom. The summed E-state index contributed by atoms with van der Waals surface area (Å²) in [4.78, 5) is 73.2. The number of aliphatic carboxylic acids is 1. The fraction of sp³-hybridized carbons (Fsp3) is 0.333. The van der Waals surface area contributed by atoms with Crippen molar-refractivity contribution in [3.8, 4) is 5.75 Å². The van der Waals surface area contributed by atoms with Gasteiger partial charge in [0.1, 0.15) is 35.7 Å². The first-order valence-electron chi connectivity index (χ1n) is 15.6. The van der Waals surface area contributed by atoms with Crippen molar-refractivity contribution in [2.45, 2.75) is 44.1 Å². The summed E-state index contributed by atoms with van der Waals surface area (Å²) < 4.78 is 16.0. The number of carboxylic acid groups (broad SMARTS) is 1. The Morgan fingerprint density at radius 1 is 0.846 bits per heavy atom. The van der Waals surface area contributed by atoms with Gasteiger partial charge in [0.2, 0.25) is 35.7 Å². The number of aliphatic hydroxyl groups excluding tert-OH is 3. The van der Waals surface area contributed by atoms with E-state index in [9.17, 15) is 54.3 Å². The van der Waals surface area contributed by atoms with Gasteiger partial charge in [0.15, 0.2) is 0 Å².